The minimum Gasteiger partial charge on any atom is -0.350 e. The molecule has 4 aromatic rings. The lowest BCUT2D eigenvalue weighted by Crippen LogP contribution is -2.28. The molecule has 27 heavy (non-hydrogen) atoms. The fraction of sp³-hybridized carbons (Fsp3) is 0.182. The SMILES string of the molecule is Cc1ccccc1Cn1c(C(=O)NCCc2ccccn2)cc2sccc21. The Morgan fingerprint density at radius 2 is 2.00 bits per heavy atom. The molecular formula is C22H21N3OS. The maximum absolute atomic E-state index is 12.9. The van der Waals surface area contributed by atoms with Gasteiger partial charge in [-0.1, -0.05) is 30.3 Å². The molecule has 5 heteroatoms. The Hall–Kier alpha value is -2.92. The lowest BCUT2D eigenvalue weighted by molar-refractivity contribution is 0.0945. The molecule has 4 nitrogen and oxygen atoms in total. The Morgan fingerprint density at radius 3 is 2.81 bits per heavy atom. The fourth-order valence-electron chi connectivity index (χ4n) is 3.23. The van der Waals surface area contributed by atoms with Crippen LogP contribution < -0.4 is 5.32 Å². The predicted octanol–water partition coefficient (Wildman–Crippen LogP) is 4.43. The summed E-state index contributed by atoms with van der Waals surface area (Å²) in [6.07, 6.45) is 2.50. The Morgan fingerprint density at radius 1 is 1.15 bits per heavy atom. The summed E-state index contributed by atoms with van der Waals surface area (Å²) in [7, 11) is 0. The van der Waals surface area contributed by atoms with E-state index in [9.17, 15) is 4.79 Å². The van der Waals surface area contributed by atoms with Gasteiger partial charge in [-0.3, -0.25) is 9.78 Å². The molecule has 136 valence electrons. The lowest BCUT2D eigenvalue weighted by Gasteiger charge is -2.12. The van der Waals surface area contributed by atoms with Crippen LogP contribution in [-0.2, 0) is 13.0 Å². The first-order chi connectivity index (χ1) is 13.2. The third kappa shape index (κ3) is 3.78. The van der Waals surface area contributed by atoms with Gasteiger partial charge in [-0.05, 0) is 47.7 Å². The number of hydrogen-bond acceptors (Lipinski definition) is 3. The van der Waals surface area contributed by atoms with Crippen molar-refractivity contribution in [3.63, 3.8) is 0 Å². The number of benzene rings is 1. The summed E-state index contributed by atoms with van der Waals surface area (Å²) in [6.45, 7) is 3.37. The van der Waals surface area contributed by atoms with E-state index in [0.717, 1.165) is 22.3 Å². The molecule has 0 aliphatic carbocycles. The van der Waals surface area contributed by atoms with Crippen molar-refractivity contribution < 1.29 is 4.79 Å². The highest BCUT2D eigenvalue weighted by Crippen LogP contribution is 2.26. The summed E-state index contributed by atoms with van der Waals surface area (Å²) >= 11 is 1.66. The first kappa shape index (κ1) is 17.5. The molecule has 0 atom stereocenters. The average molecular weight is 375 g/mol. The van der Waals surface area contributed by atoms with Crippen LogP contribution in [-0.4, -0.2) is 22.0 Å². The monoisotopic (exact) mass is 375 g/mol. The average Bonchev–Trinajstić information content (AvgIpc) is 3.27. The molecule has 0 saturated heterocycles. The van der Waals surface area contributed by atoms with Crippen LogP contribution in [0.25, 0.3) is 10.2 Å². The number of thiophene rings is 1. The molecule has 0 fully saturated rings. The van der Waals surface area contributed by atoms with Crippen molar-refractivity contribution in [2.24, 2.45) is 0 Å². The van der Waals surface area contributed by atoms with Gasteiger partial charge in [0.1, 0.15) is 5.69 Å². The van der Waals surface area contributed by atoms with E-state index in [1.807, 2.05) is 36.4 Å². The molecule has 0 spiro atoms. The number of aryl methyl sites for hydroxylation is 1. The molecule has 1 aromatic carbocycles. The Balaban J connectivity index is 1.55. The fourth-order valence-corrected chi connectivity index (χ4v) is 4.06. The topological polar surface area (TPSA) is 46.9 Å². The second kappa shape index (κ2) is 7.76. The largest absolute Gasteiger partial charge is 0.350 e. The zero-order valence-electron chi connectivity index (χ0n) is 15.2. The minimum atomic E-state index is -0.0390. The Bertz CT molecular complexity index is 1070. The number of aromatic nitrogens is 2. The summed E-state index contributed by atoms with van der Waals surface area (Å²) < 4.78 is 3.25. The highest BCUT2D eigenvalue weighted by Gasteiger charge is 2.17. The summed E-state index contributed by atoms with van der Waals surface area (Å²) in [5, 5.41) is 5.12. The van der Waals surface area contributed by atoms with E-state index >= 15 is 0 Å². The van der Waals surface area contributed by atoms with Crippen molar-refractivity contribution in [2.45, 2.75) is 19.9 Å². The zero-order valence-corrected chi connectivity index (χ0v) is 16.0. The van der Waals surface area contributed by atoms with E-state index in [1.165, 1.54) is 11.1 Å². The van der Waals surface area contributed by atoms with Gasteiger partial charge < -0.3 is 9.88 Å². The highest BCUT2D eigenvalue weighted by molar-refractivity contribution is 7.17. The molecule has 0 bridgehead atoms. The van der Waals surface area contributed by atoms with E-state index in [0.29, 0.717) is 18.8 Å². The first-order valence-electron chi connectivity index (χ1n) is 9.02. The van der Waals surface area contributed by atoms with Crippen LogP contribution in [0.1, 0.15) is 27.3 Å². The molecule has 1 amide bonds. The van der Waals surface area contributed by atoms with Gasteiger partial charge in [0.05, 0.1) is 10.2 Å². The minimum absolute atomic E-state index is 0.0390. The molecule has 0 saturated carbocycles. The molecule has 4 rings (SSSR count). The zero-order chi connectivity index (χ0) is 18.6. The smallest absolute Gasteiger partial charge is 0.267 e. The van der Waals surface area contributed by atoms with E-state index in [-0.39, 0.29) is 5.91 Å². The third-order valence-electron chi connectivity index (χ3n) is 4.74. The van der Waals surface area contributed by atoms with E-state index in [2.05, 4.69) is 45.4 Å². The molecular weight excluding hydrogens is 354 g/mol. The molecule has 0 aliphatic rings. The van der Waals surface area contributed by atoms with Crippen molar-refractivity contribution in [2.75, 3.05) is 6.54 Å². The van der Waals surface area contributed by atoms with Crippen LogP contribution in [0.15, 0.2) is 66.2 Å². The van der Waals surface area contributed by atoms with Crippen LogP contribution in [0, 0.1) is 6.92 Å². The number of nitrogens with one attached hydrogen (secondary N) is 1. The van der Waals surface area contributed by atoms with Crippen molar-refractivity contribution in [1.82, 2.24) is 14.9 Å². The summed E-state index contributed by atoms with van der Waals surface area (Å²) in [6, 6.07) is 18.2. The van der Waals surface area contributed by atoms with Crippen LogP contribution in [0.2, 0.25) is 0 Å². The maximum atomic E-state index is 12.9. The second-order valence-electron chi connectivity index (χ2n) is 6.54. The van der Waals surface area contributed by atoms with Gasteiger partial charge in [-0.2, -0.15) is 0 Å². The third-order valence-corrected chi connectivity index (χ3v) is 5.59. The van der Waals surface area contributed by atoms with Crippen molar-refractivity contribution in [3.05, 3.63) is 88.7 Å². The number of amides is 1. The molecule has 3 aromatic heterocycles. The van der Waals surface area contributed by atoms with Crippen LogP contribution in [0.5, 0.6) is 0 Å². The highest BCUT2D eigenvalue weighted by atomic mass is 32.1. The van der Waals surface area contributed by atoms with Crippen LogP contribution in [0.3, 0.4) is 0 Å². The number of pyridine rings is 1. The quantitative estimate of drug-likeness (QED) is 0.542. The lowest BCUT2D eigenvalue weighted by atomic mass is 10.1. The molecule has 3 heterocycles. The van der Waals surface area contributed by atoms with Gasteiger partial charge >= 0.3 is 0 Å². The number of carbonyl (C=O) groups is 1. The van der Waals surface area contributed by atoms with Gasteiger partial charge in [-0.15, -0.1) is 11.3 Å². The van der Waals surface area contributed by atoms with Crippen molar-refractivity contribution >= 4 is 27.5 Å². The van der Waals surface area contributed by atoms with Crippen LogP contribution in [0.4, 0.5) is 0 Å². The first-order valence-corrected chi connectivity index (χ1v) is 9.89. The van der Waals surface area contributed by atoms with Gasteiger partial charge in [0, 0.05) is 31.4 Å². The molecule has 0 aliphatic heterocycles. The van der Waals surface area contributed by atoms with Gasteiger partial charge in [0.25, 0.3) is 5.91 Å². The standard InChI is InChI=1S/C22H21N3OS/c1-16-6-2-3-7-17(16)15-25-19-10-13-27-21(19)14-20(25)22(26)24-12-9-18-8-4-5-11-23-18/h2-8,10-11,13-14H,9,12,15H2,1H3,(H,24,26). The van der Waals surface area contributed by atoms with Gasteiger partial charge in [0.15, 0.2) is 0 Å². The Labute approximate surface area is 162 Å². The predicted molar refractivity (Wildman–Crippen MR) is 110 cm³/mol. The number of fused-ring (bicyclic) bond motifs is 1. The van der Waals surface area contributed by atoms with Gasteiger partial charge in [0.2, 0.25) is 0 Å². The molecule has 1 N–H and O–H groups in total. The van der Waals surface area contributed by atoms with E-state index in [4.69, 9.17) is 0 Å². The summed E-state index contributed by atoms with van der Waals surface area (Å²) in [5.74, 6) is -0.0390. The number of nitrogens with zero attached hydrogens (tertiary/aromatic N) is 2. The molecule has 0 unspecified atom stereocenters. The second-order valence-corrected chi connectivity index (χ2v) is 7.49. The summed E-state index contributed by atoms with van der Waals surface area (Å²) in [4.78, 5) is 17.2. The van der Waals surface area contributed by atoms with Gasteiger partial charge in [-0.25, -0.2) is 0 Å². The van der Waals surface area contributed by atoms with Crippen molar-refractivity contribution in [1.29, 1.82) is 0 Å². The van der Waals surface area contributed by atoms with E-state index < -0.39 is 0 Å². The normalized spacial score (nSPS) is 11.0. The van der Waals surface area contributed by atoms with Crippen molar-refractivity contribution in [3.8, 4) is 0 Å². The maximum Gasteiger partial charge on any atom is 0.267 e. The summed E-state index contributed by atoms with van der Waals surface area (Å²) in [5.41, 5.74) is 5.26. The number of carbonyl (C=O) groups excluding carboxylic acids is 1. The van der Waals surface area contributed by atoms with E-state index in [1.54, 1.807) is 17.5 Å². The number of hydrogen-bond donors (Lipinski definition) is 1. The van der Waals surface area contributed by atoms with Crippen LogP contribution >= 0.6 is 11.3 Å². The number of rotatable bonds is 6. The molecule has 0 radical (unpaired) electrons. The Kier molecular flexibility index (Phi) is 5.03.